The third-order valence-corrected chi connectivity index (χ3v) is 8.24. The van der Waals surface area contributed by atoms with Gasteiger partial charge in [-0.25, -0.2) is 9.18 Å². The zero-order chi connectivity index (χ0) is 36.6. The van der Waals surface area contributed by atoms with Crippen molar-refractivity contribution in [3.05, 3.63) is 47.4 Å². The van der Waals surface area contributed by atoms with E-state index in [2.05, 4.69) is 15.3 Å². The Kier molecular flexibility index (Phi) is 10.5. The molecular formula is C35H43F4N5O6. The van der Waals surface area contributed by atoms with Gasteiger partial charge in [-0.2, -0.15) is 13.2 Å². The summed E-state index contributed by atoms with van der Waals surface area (Å²) in [6.07, 6.45) is -2.64. The first kappa shape index (κ1) is 37.0. The highest BCUT2D eigenvalue weighted by Crippen LogP contribution is 2.39. The Bertz CT molecular complexity index is 1720. The summed E-state index contributed by atoms with van der Waals surface area (Å²) in [5.74, 6) is -3.70. The van der Waals surface area contributed by atoms with Crippen LogP contribution in [0.1, 0.15) is 75.9 Å². The quantitative estimate of drug-likeness (QED) is 0.143. The summed E-state index contributed by atoms with van der Waals surface area (Å²) in [6.45, 7) is 10.9. The minimum atomic E-state index is -4.51. The Balaban J connectivity index is 1.44. The molecule has 0 aliphatic carbocycles. The second-order valence-corrected chi connectivity index (χ2v) is 15.1. The minimum Gasteiger partial charge on any atom is -0.460 e. The number of hydrogen-bond acceptors (Lipinski definition) is 10. The number of ketones is 1. The van der Waals surface area contributed by atoms with Gasteiger partial charge in [-0.05, 0) is 71.6 Å². The van der Waals surface area contributed by atoms with Gasteiger partial charge in [0.1, 0.15) is 28.5 Å². The van der Waals surface area contributed by atoms with Crippen molar-refractivity contribution < 1.29 is 45.8 Å². The average molecular weight is 706 g/mol. The summed E-state index contributed by atoms with van der Waals surface area (Å²) < 4.78 is 72.6. The number of halogens is 4. The van der Waals surface area contributed by atoms with E-state index in [-0.39, 0.29) is 54.9 Å². The van der Waals surface area contributed by atoms with E-state index in [1.807, 2.05) is 4.90 Å². The fourth-order valence-electron chi connectivity index (χ4n) is 6.27. The fourth-order valence-corrected chi connectivity index (χ4v) is 6.27. The first-order valence-corrected chi connectivity index (χ1v) is 16.5. The van der Waals surface area contributed by atoms with E-state index in [1.165, 1.54) is 17.3 Å². The molecule has 2 atom stereocenters. The lowest BCUT2D eigenvalue weighted by Gasteiger charge is -2.40. The number of hydrogen-bond donors (Lipinski definition) is 1. The Labute approximate surface area is 287 Å². The number of esters is 1. The number of aromatic nitrogens is 2. The van der Waals surface area contributed by atoms with Crippen molar-refractivity contribution in [3.8, 4) is 0 Å². The second kappa shape index (κ2) is 14.2. The highest BCUT2D eigenvalue weighted by atomic mass is 19.4. The predicted molar refractivity (Wildman–Crippen MR) is 177 cm³/mol. The van der Waals surface area contributed by atoms with Gasteiger partial charge < -0.3 is 18.8 Å². The summed E-state index contributed by atoms with van der Waals surface area (Å²) in [5.41, 5.74) is 0.0864. The lowest BCUT2D eigenvalue weighted by atomic mass is 9.86. The molecule has 11 nitrogen and oxygen atoms in total. The van der Waals surface area contributed by atoms with Gasteiger partial charge in [0.25, 0.3) is 0 Å². The maximum absolute atomic E-state index is 14.2. The fraction of sp³-hybridized carbons (Fsp3) is 0.571. The van der Waals surface area contributed by atoms with Gasteiger partial charge in [-0.3, -0.25) is 29.8 Å². The number of amides is 1. The maximum Gasteiger partial charge on any atom is 0.414 e. The molecule has 0 spiro atoms. The zero-order valence-electron chi connectivity index (χ0n) is 29.0. The molecule has 3 aromatic rings. The van der Waals surface area contributed by atoms with Crippen LogP contribution >= 0.6 is 0 Å². The van der Waals surface area contributed by atoms with Crippen LogP contribution < -0.4 is 10.2 Å². The molecular weight excluding hydrogens is 662 g/mol. The van der Waals surface area contributed by atoms with E-state index < -0.39 is 53.2 Å². The molecule has 3 aromatic heterocycles. The van der Waals surface area contributed by atoms with Gasteiger partial charge in [-0.1, -0.05) is 0 Å². The van der Waals surface area contributed by atoms with Crippen molar-refractivity contribution in [2.75, 3.05) is 36.4 Å². The molecule has 1 N–H and O–H groups in total. The van der Waals surface area contributed by atoms with E-state index in [4.69, 9.17) is 13.9 Å². The second-order valence-electron chi connectivity index (χ2n) is 15.1. The molecule has 1 amide bonds. The van der Waals surface area contributed by atoms with Gasteiger partial charge >= 0.3 is 18.2 Å². The Morgan fingerprint density at radius 2 is 1.70 bits per heavy atom. The van der Waals surface area contributed by atoms with Crippen LogP contribution in [0, 0.1) is 11.8 Å². The van der Waals surface area contributed by atoms with Crippen LogP contribution in [-0.4, -0.2) is 82.4 Å². The molecule has 0 aromatic carbocycles. The number of Topliss-reactive ketones (excluding diaryl/α,β-unsaturated/α-hetero) is 1. The molecule has 0 saturated carbocycles. The molecule has 2 saturated heterocycles. The topological polar surface area (TPSA) is 127 Å². The molecule has 50 heavy (non-hydrogen) atoms. The molecule has 15 heteroatoms. The van der Waals surface area contributed by atoms with Crippen molar-refractivity contribution in [1.82, 2.24) is 14.9 Å². The largest absolute Gasteiger partial charge is 0.460 e. The van der Waals surface area contributed by atoms with E-state index in [1.54, 1.807) is 59.9 Å². The first-order valence-electron chi connectivity index (χ1n) is 16.5. The lowest BCUT2D eigenvalue weighted by Crippen LogP contribution is -2.47. The predicted octanol–water partition coefficient (Wildman–Crippen LogP) is 6.89. The monoisotopic (exact) mass is 705 g/mol. The van der Waals surface area contributed by atoms with Crippen LogP contribution in [0.25, 0.3) is 11.1 Å². The van der Waals surface area contributed by atoms with Gasteiger partial charge in [0, 0.05) is 69.0 Å². The summed E-state index contributed by atoms with van der Waals surface area (Å²) in [6, 6.07) is 3.21. The van der Waals surface area contributed by atoms with E-state index in [9.17, 15) is 31.9 Å². The molecule has 2 aliphatic heterocycles. The molecule has 272 valence electrons. The number of likely N-dealkylation sites (tertiary alicyclic amines) is 1. The Morgan fingerprint density at radius 3 is 2.34 bits per heavy atom. The number of pyridine rings is 2. The summed E-state index contributed by atoms with van der Waals surface area (Å²) in [5, 5.41) is 2.51. The number of rotatable bonds is 9. The number of carbonyl (C=O) groups excluding carboxylic acids is 3. The first-order chi connectivity index (χ1) is 23.2. The van der Waals surface area contributed by atoms with Gasteiger partial charge in [0.15, 0.2) is 11.4 Å². The smallest absolute Gasteiger partial charge is 0.414 e. The summed E-state index contributed by atoms with van der Waals surface area (Å²) >= 11 is 0. The highest BCUT2D eigenvalue weighted by Gasteiger charge is 2.45. The van der Waals surface area contributed by atoms with Crippen LogP contribution in [0.3, 0.4) is 0 Å². The number of fused-ring (bicyclic) bond motifs is 1. The normalized spacial score (nSPS) is 19.3. The summed E-state index contributed by atoms with van der Waals surface area (Å²) in [4.78, 5) is 51.5. The maximum atomic E-state index is 14.2. The molecule has 0 radical (unpaired) electrons. The number of nitrogens with one attached hydrogen (secondary N) is 1. The molecule has 0 bridgehead atoms. The minimum absolute atomic E-state index is 0.0467. The average Bonchev–Trinajstić information content (AvgIpc) is 3.30. The molecule has 2 fully saturated rings. The zero-order valence-corrected chi connectivity index (χ0v) is 29.0. The van der Waals surface area contributed by atoms with Gasteiger partial charge in [-0.15, -0.1) is 0 Å². The Hall–Kier alpha value is -4.27. The number of furan rings is 1. The number of ether oxygens (including phenoxy) is 2. The Morgan fingerprint density at radius 1 is 1.00 bits per heavy atom. The highest BCUT2D eigenvalue weighted by molar-refractivity contribution is 6.12. The van der Waals surface area contributed by atoms with Crippen LogP contribution in [0.4, 0.5) is 33.9 Å². The van der Waals surface area contributed by atoms with E-state index >= 15 is 0 Å². The molecule has 5 heterocycles. The number of anilines is 2. The van der Waals surface area contributed by atoms with Crippen molar-refractivity contribution in [2.24, 2.45) is 11.8 Å². The number of alkyl halides is 4. The SMILES string of the molecule is CC(C)(C)OC(=O)C[C@H]1C[C@@H](C(F)(F)F)CN(c2ccncc2CC(=O)c2c(NC(=O)OC(C)(C)C)oc3cc(CN4CC(F)C4)cnc23)C1. The molecule has 2 aliphatic rings. The van der Waals surface area contributed by atoms with E-state index in [0.717, 1.165) is 0 Å². The third-order valence-electron chi connectivity index (χ3n) is 8.24. The van der Waals surface area contributed by atoms with Crippen LogP contribution in [-0.2, 0) is 27.2 Å². The van der Waals surface area contributed by atoms with Crippen molar-refractivity contribution in [3.63, 3.8) is 0 Å². The summed E-state index contributed by atoms with van der Waals surface area (Å²) in [7, 11) is 0. The van der Waals surface area contributed by atoms with Crippen LogP contribution in [0.2, 0.25) is 0 Å². The number of piperidine rings is 1. The van der Waals surface area contributed by atoms with Crippen LogP contribution in [0.15, 0.2) is 35.1 Å². The standard InChI is InChI=1S/C35H43F4N5O6/c1-33(2,3)49-28(46)11-20-9-23(35(37,38)39)17-44(16-20)25-7-8-40-14-22(25)12-26(45)29-30-27(48-31(29)42-32(47)50-34(4,5)6)10-21(13-41-30)15-43-18-24(36)19-43/h7-8,10,13-14,20,23-24H,9,11-12,15-19H2,1-6H3,(H,42,47)/t20-,23-/m1/s1. The van der Waals surface area contributed by atoms with Crippen molar-refractivity contribution >= 4 is 40.5 Å². The van der Waals surface area contributed by atoms with Gasteiger partial charge in [0.05, 0.1) is 12.3 Å². The van der Waals surface area contributed by atoms with Crippen LogP contribution in [0.5, 0.6) is 0 Å². The number of carbonyl (C=O) groups is 3. The van der Waals surface area contributed by atoms with Gasteiger partial charge in [0.2, 0.25) is 5.88 Å². The molecule has 0 unspecified atom stereocenters. The van der Waals surface area contributed by atoms with Crippen molar-refractivity contribution in [1.29, 1.82) is 0 Å². The third kappa shape index (κ3) is 9.49. The lowest BCUT2D eigenvalue weighted by molar-refractivity contribution is -0.181. The van der Waals surface area contributed by atoms with Crippen molar-refractivity contribution in [2.45, 2.75) is 90.9 Å². The molecule has 5 rings (SSSR count). The van der Waals surface area contributed by atoms with E-state index in [0.29, 0.717) is 36.4 Å². The number of nitrogens with zero attached hydrogens (tertiary/aromatic N) is 4.